The van der Waals surface area contributed by atoms with Crippen molar-refractivity contribution < 1.29 is 33.0 Å². The predicted octanol–water partition coefficient (Wildman–Crippen LogP) is 3.44. The van der Waals surface area contributed by atoms with Crippen LogP contribution in [0.2, 0.25) is 10.0 Å². The second kappa shape index (κ2) is 8.25. The molecule has 0 spiro atoms. The molecule has 2 aromatic carbocycles. The fourth-order valence-electron chi connectivity index (χ4n) is 5.04. The maximum atomic E-state index is 13.5. The van der Waals surface area contributed by atoms with E-state index in [0.29, 0.717) is 35.1 Å². The van der Waals surface area contributed by atoms with Crippen LogP contribution in [0.5, 0.6) is 11.5 Å². The number of carbonyl (C=O) groups excluding carboxylic acids is 2. The Hall–Kier alpha value is -2.62. The molecule has 1 aliphatic heterocycles. The van der Waals surface area contributed by atoms with E-state index in [1.165, 1.54) is 6.07 Å². The Bertz CT molecular complexity index is 1170. The lowest BCUT2D eigenvalue weighted by Crippen LogP contribution is -2.84. The predicted molar refractivity (Wildman–Crippen MR) is 118 cm³/mol. The summed E-state index contributed by atoms with van der Waals surface area (Å²) in [6, 6.07) is 6.42. The molecule has 3 N–H and O–H groups in total. The summed E-state index contributed by atoms with van der Waals surface area (Å²) in [5.41, 5.74) is -0.749. The molecule has 34 heavy (non-hydrogen) atoms. The number of rotatable bonds is 6. The molecule has 2 atom stereocenters. The van der Waals surface area contributed by atoms with E-state index in [4.69, 9.17) is 32.7 Å². The van der Waals surface area contributed by atoms with Gasteiger partial charge in [-0.3, -0.25) is 9.59 Å². The molecule has 1 heterocycles. The van der Waals surface area contributed by atoms with Crippen molar-refractivity contribution in [2.45, 2.75) is 49.0 Å². The van der Waals surface area contributed by atoms with E-state index in [9.17, 15) is 23.5 Å². The number of benzene rings is 2. The molecule has 180 valence electrons. The van der Waals surface area contributed by atoms with E-state index in [1.807, 2.05) is 0 Å². The van der Waals surface area contributed by atoms with Gasteiger partial charge in [0.25, 0.3) is 11.8 Å². The lowest BCUT2D eigenvalue weighted by molar-refractivity contribution is -0.155. The maximum Gasteiger partial charge on any atom is 0.261 e. The molecule has 6 rings (SSSR count). The number of nitrogens with one attached hydrogen (secondary N) is 2. The molecule has 0 radical (unpaired) electrons. The van der Waals surface area contributed by atoms with Crippen LogP contribution >= 0.6 is 23.2 Å². The summed E-state index contributed by atoms with van der Waals surface area (Å²) in [5, 5.41) is 16.8. The number of hydrogen-bond donors (Lipinski definition) is 3. The molecule has 3 aliphatic carbocycles. The second-order valence-corrected chi connectivity index (χ2v) is 9.97. The molecule has 0 aromatic heterocycles. The first kappa shape index (κ1) is 23.1. The van der Waals surface area contributed by atoms with Crippen molar-refractivity contribution in [3.05, 3.63) is 57.6 Å². The van der Waals surface area contributed by atoms with Crippen molar-refractivity contribution in [3.8, 4) is 11.5 Å². The van der Waals surface area contributed by atoms with Crippen molar-refractivity contribution in [2.24, 2.45) is 0 Å². The largest absolute Gasteiger partial charge is 0.484 e. The van der Waals surface area contributed by atoms with Crippen LogP contribution < -0.4 is 20.1 Å². The normalized spacial score (nSPS) is 28.5. The van der Waals surface area contributed by atoms with Gasteiger partial charge in [-0.05, 0) is 37.5 Å². The molecule has 2 aromatic rings. The van der Waals surface area contributed by atoms with Crippen molar-refractivity contribution in [2.75, 3.05) is 6.61 Å². The van der Waals surface area contributed by atoms with Crippen LogP contribution in [0.4, 0.5) is 8.78 Å². The van der Waals surface area contributed by atoms with Crippen molar-refractivity contribution in [3.63, 3.8) is 0 Å². The van der Waals surface area contributed by atoms with Gasteiger partial charge in [0.15, 0.2) is 24.3 Å². The topological polar surface area (TPSA) is 96.9 Å². The summed E-state index contributed by atoms with van der Waals surface area (Å²) in [7, 11) is 0. The van der Waals surface area contributed by atoms with Gasteiger partial charge in [0.05, 0.1) is 16.1 Å². The zero-order valence-electron chi connectivity index (χ0n) is 17.7. The molecular formula is C23H20Cl2F2N2O5. The number of aliphatic hydroxyl groups is 1. The number of carbonyl (C=O) groups is 2. The number of fused-ring (bicyclic) bond motifs is 1. The molecule has 11 heteroatoms. The molecule has 4 aliphatic rings. The summed E-state index contributed by atoms with van der Waals surface area (Å²) in [6.45, 7) is -0.191. The van der Waals surface area contributed by atoms with Gasteiger partial charge in [0.2, 0.25) is 0 Å². The van der Waals surface area contributed by atoms with Gasteiger partial charge in [0, 0.05) is 35.2 Å². The molecule has 3 saturated carbocycles. The third-order valence-corrected chi connectivity index (χ3v) is 7.23. The third kappa shape index (κ3) is 4.16. The maximum absolute atomic E-state index is 13.5. The first-order chi connectivity index (χ1) is 16.1. The van der Waals surface area contributed by atoms with Gasteiger partial charge in [-0.15, -0.1) is 0 Å². The van der Waals surface area contributed by atoms with Gasteiger partial charge in [-0.1, -0.05) is 23.2 Å². The number of aliphatic hydroxyl groups excluding tert-OH is 1. The average molecular weight is 513 g/mol. The standard InChI is InChI=1S/C23H20Cl2F2N2O5/c24-13-2-1-11(3-14(13)25)33-7-20(31)28-22-8-23(9-22,10-22)29-21(32)19-6-17(30)12-4-15(26)16(27)5-18(12)34-19/h1-5,17,19,30H,6-10H2,(H,28,31)(H,29,32)/t17-,19-,22?,23?/m1/s1. The van der Waals surface area contributed by atoms with E-state index >= 15 is 0 Å². The number of ether oxygens (including phenoxy) is 2. The van der Waals surface area contributed by atoms with Gasteiger partial charge >= 0.3 is 0 Å². The fraction of sp³-hybridized carbons (Fsp3) is 0.391. The minimum absolute atomic E-state index is 0.0545. The van der Waals surface area contributed by atoms with Crippen molar-refractivity contribution in [1.82, 2.24) is 10.6 Å². The Kier molecular flexibility index (Phi) is 5.61. The van der Waals surface area contributed by atoms with Gasteiger partial charge < -0.3 is 25.2 Å². The fourth-order valence-corrected chi connectivity index (χ4v) is 5.33. The van der Waals surface area contributed by atoms with E-state index in [2.05, 4.69) is 10.6 Å². The minimum atomic E-state index is -1.15. The first-order valence-electron chi connectivity index (χ1n) is 10.6. The molecule has 7 nitrogen and oxygen atoms in total. The van der Waals surface area contributed by atoms with Crippen LogP contribution in [0.3, 0.4) is 0 Å². The first-order valence-corrected chi connectivity index (χ1v) is 11.4. The number of hydrogen-bond acceptors (Lipinski definition) is 5. The number of halogens is 4. The zero-order chi connectivity index (χ0) is 24.3. The Balaban J connectivity index is 1.11. The van der Waals surface area contributed by atoms with Crippen LogP contribution in [0.1, 0.15) is 37.4 Å². The lowest BCUT2D eigenvalue weighted by Gasteiger charge is -2.70. The molecular weight excluding hydrogens is 493 g/mol. The van der Waals surface area contributed by atoms with E-state index < -0.39 is 40.8 Å². The second-order valence-electron chi connectivity index (χ2n) is 9.16. The van der Waals surface area contributed by atoms with Crippen LogP contribution in [0, 0.1) is 11.6 Å². The molecule has 0 saturated heterocycles. The summed E-state index contributed by atoms with van der Waals surface area (Å²) in [4.78, 5) is 25.0. The zero-order valence-corrected chi connectivity index (χ0v) is 19.2. The van der Waals surface area contributed by atoms with Gasteiger partial charge in [-0.2, -0.15) is 0 Å². The average Bonchev–Trinajstić information content (AvgIpc) is 2.73. The van der Waals surface area contributed by atoms with Crippen LogP contribution in [-0.4, -0.2) is 40.7 Å². The van der Waals surface area contributed by atoms with E-state index in [-0.39, 0.29) is 30.2 Å². The van der Waals surface area contributed by atoms with Crippen molar-refractivity contribution >= 4 is 35.0 Å². The summed E-state index contributed by atoms with van der Waals surface area (Å²) in [6.07, 6.45) is -0.606. The Morgan fingerprint density at radius 1 is 1.06 bits per heavy atom. The van der Waals surface area contributed by atoms with Gasteiger partial charge in [0.1, 0.15) is 11.5 Å². The summed E-state index contributed by atoms with van der Waals surface area (Å²) >= 11 is 11.8. The molecule has 2 bridgehead atoms. The quantitative estimate of drug-likeness (QED) is 0.550. The highest BCUT2D eigenvalue weighted by molar-refractivity contribution is 6.42. The monoisotopic (exact) mass is 512 g/mol. The molecule has 2 amide bonds. The Labute approximate surface area is 203 Å². The Morgan fingerprint density at radius 3 is 2.44 bits per heavy atom. The minimum Gasteiger partial charge on any atom is -0.484 e. The lowest BCUT2D eigenvalue weighted by atomic mass is 9.44. The highest BCUT2D eigenvalue weighted by Gasteiger charge is 2.69. The molecule has 0 unspecified atom stereocenters. The van der Waals surface area contributed by atoms with Crippen LogP contribution in [0.15, 0.2) is 30.3 Å². The van der Waals surface area contributed by atoms with Crippen LogP contribution in [0.25, 0.3) is 0 Å². The van der Waals surface area contributed by atoms with Crippen LogP contribution in [-0.2, 0) is 9.59 Å². The van der Waals surface area contributed by atoms with Crippen molar-refractivity contribution in [1.29, 1.82) is 0 Å². The summed E-state index contributed by atoms with van der Waals surface area (Å²) in [5.74, 6) is -2.58. The Morgan fingerprint density at radius 2 is 1.74 bits per heavy atom. The smallest absolute Gasteiger partial charge is 0.261 e. The summed E-state index contributed by atoms with van der Waals surface area (Å²) < 4.78 is 38.0. The SMILES string of the molecule is O=C(COc1ccc(Cl)c(Cl)c1)NC12CC(NC(=O)[C@H]3C[C@@H](O)c4cc(F)c(F)cc4O3)(C1)C2. The van der Waals surface area contributed by atoms with E-state index in [1.54, 1.807) is 12.1 Å². The third-order valence-electron chi connectivity index (χ3n) is 6.49. The highest BCUT2D eigenvalue weighted by Crippen LogP contribution is 2.60. The highest BCUT2D eigenvalue weighted by atomic mass is 35.5. The number of amides is 2. The molecule has 3 fully saturated rings. The van der Waals surface area contributed by atoms with Gasteiger partial charge in [-0.25, -0.2) is 8.78 Å². The van der Waals surface area contributed by atoms with E-state index in [0.717, 1.165) is 12.1 Å².